The van der Waals surface area contributed by atoms with E-state index in [1.807, 2.05) is 0 Å². The quantitative estimate of drug-likeness (QED) is 0.872. The highest BCUT2D eigenvalue weighted by molar-refractivity contribution is 7.89. The molecular weight excluding hydrogens is 332 g/mol. The maximum atomic E-state index is 13.9. The molecule has 0 saturated carbocycles. The molecule has 1 N–H and O–H groups in total. The van der Waals surface area contributed by atoms with Crippen LogP contribution in [0.25, 0.3) is 0 Å². The summed E-state index contributed by atoms with van der Waals surface area (Å²) in [5.41, 5.74) is 0.751. The second-order valence-electron chi connectivity index (χ2n) is 5.36. The number of sulfonamides is 1. The van der Waals surface area contributed by atoms with Gasteiger partial charge in [-0.05, 0) is 24.1 Å². The fourth-order valence-corrected chi connectivity index (χ4v) is 3.96. The molecule has 1 aliphatic heterocycles. The molecule has 2 rings (SSSR count). The van der Waals surface area contributed by atoms with Crippen LogP contribution in [0.3, 0.4) is 0 Å². The Bertz CT molecular complexity index is 675. The minimum Gasteiger partial charge on any atom is -0.481 e. The van der Waals surface area contributed by atoms with Crippen LogP contribution in [-0.2, 0) is 26.2 Å². The van der Waals surface area contributed by atoms with Crippen molar-refractivity contribution in [2.75, 3.05) is 20.2 Å². The van der Waals surface area contributed by atoms with Crippen LogP contribution < -0.4 is 0 Å². The molecule has 0 spiro atoms. The Balaban J connectivity index is 2.22. The lowest BCUT2D eigenvalue weighted by atomic mass is 9.94. The van der Waals surface area contributed by atoms with Crippen LogP contribution in [0, 0.1) is 5.92 Å². The molecule has 0 aromatic heterocycles. The standard InChI is InChI=1S/C14H17F2NO5S/c1-22-8-10-2-4-11(5-3-10)23(20,21)17-7-6-12(13(18)19)14(15,16)9-17/h2-5,12H,6-9H2,1H3,(H,18,19). The average molecular weight is 349 g/mol. The zero-order valence-corrected chi connectivity index (χ0v) is 13.2. The van der Waals surface area contributed by atoms with Crippen LogP contribution in [0.5, 0.6) is 0 Å². The summed E-state index contributed by atoms with van der Waals surface area (Å²) in [5.74, 6) is -7.08. The smallest absolute Gasteiger partial charge is 0.312 e. The van der Waals surface area contributed by atoms with E-state index in [1.54, 1.807) is 12.1 Å². The molecule has 1 unspecified atom stereocenters. The summed E-state index contributed by atoms with van der Waals surface area (Å²) in [6.07, 6.45) is -0.427. The fourth-order valence-electron chi connectivity index (χ4n) is 2.49. The van der Waals surface area contributed by atoms with E-state index in [1.165, 1.54) is 19.2 Å². The number of hydrogen-bond acceptors (Lipinski definition) is 4. The Hall–Kier alpha value is -1.58. The third-order valence-corrected chi connectivity index (χ3v) is 5.59. The van der Waals surface area contributed by atoms with Gasteiger partial charge >= 0.3 is 5.97 Å². The zero-order chi connectivity index (χ0) is 17.3. The number of aliphatic carboxylic acids is 1. The third kappa shape index (κ3) is 3.67. The van der Waals surface area contributed by atoms with E-state index in [0.29, 0.717) is 10.9 Å². The van der Waals surface area contributed by atoms with E-state index in [9.17, 15) is 22.0 Å². The van der Waals surface area contributed by atoms with E-state index in [-0.39, 0.29) is 11.4 Å². The minimum atomic E-state index is -4.09. The van der Waals surface area contributed by atoms with Gasteiger partial charge in [0.2, 0.25) is 10.0 Å². The van der Waals surface area contributed by atoms with Crippen molar-refractivity contribution in [1.29, 1.82) is 0 Å². The summed E-state index contributed by atoms with van der Waals surface area (Å²) >= 11 is 0. The Morgan fingerprint density at radius 2 is 2.00 bits per heavy atom. The molecule has 1 aliphatic rings. The van der Waals surface area contributed by atoms with Gasteiger partial charge in [0.15, 0.2) is 0 Å². The molecule has 1 atom stereocenters. The largest absolute Gasteiger partial charge is 0.481 e. The number of methoxy groups -OCH3 is 1. The van der Waals surface area contributed by atoms with E-state index in [0.717, 1.165) is 5.56 Å². The second-order valence-corrected chi connectivity index (χ2v) is 7.29. The van der Waals surface area contributed by atoms with Gasteiger partial charge < -0.3 is 9.84 Å². The summed E-state index contributed by atoms with van der Waals surface area (Å²) in [4.78, 5) is 10.7. The Labute approximate surface area is 132 Å². The topological polar surface area (TPSA) is 83.9 Å². The minimum absolute atomic E-state index is 0.109. The van der Waals surface area contributed by atoms with Crippen LogP contribution in [-0.4, -0.2) is 49.9 Å². The number of piperidine rings is 1. The van der Waals surface area contributed by atoms with Crippen molar-refractivity contribution >= 4 is 16.0 Å². The molecule has 128 valence electrons. The monoisotopic (exact) mass is 349 g/mol. The van der Waals surface area contributed by atoms with Gasteiger partial charge in [0.25, 0.3) is 5.92 Å². The lowest BCUT2D eigenvalue weighted by molar-refractivity contribution is -0.163. The molecule has 6 nitrogen and oxygen atoms in total. The third-order valence-electron chi connectivity index (χ3n) is 3.73. The zero-order valence-electron chi connectivity index (χ0n) is 12.4. The molecule has 1 fully saturated rings. The fraction of sp³-hybridized carbons (Fsp3) is 0.500. The van der Waals surface area contributed by atoms with E-state index >= 15 is 0 Å². The van der Waals surface area contributed by atoms with Crippen LogP contribution in [0.4, 0.5) is 8.78 Å². The molecule has 0 bridgehead atoms. The molecule has 0 aliphatic carbocycles. The van der Waals surface area contributed by atoms with Gasteiger partial charge in [-0.1, -0.05) is 12.1 Å². The van der Waals surface area contributed by atoms with Crippen molar-refractivity contribution in [3.63, 3.8) is 0 Å². The molecule has 1 aromatic carbocycles. The number of alkyl halides is 2. The van der Waals surface area contributed by atoms with Crippen molar-refractivity contribution in [2.45, 2.75) is 23.8 Å². The molecule has 0 amide bonds. The maximum Gasteiger partial charge on any atom is 0.312 e. The Kier molecular flexibility index (Phi) is 5.02. The summed E-state index contributed by atoms with van der Waals surface area (Å²) in [7, 11) is -2.59. The van der Waals surface area contributed by atoms with Gasteiger partial charge in [-0.2, -0.15) is 4.31 Å². The second kappa shape index (κ2) is 6.50. The highest BCUT2D eigenvalue weighted by Gasteiger charge is 2.51. The van der Waals surface area contributed by atoms with Crippen LogP contribution >= 0.6 is 0 Å². The summed E-state index contributed by atoms with van der Waals surface area (Å²) in [6.45, 7) is -1.08. The first kappa shape index (κ1) is 17.8. The number of carboxylic acids is 1. The van der Waals surface area contributed by atoms with E-state index < -0.39 is 40.8 Å². The average Bonchev–Trinajstić information content (AvgIpc) is 2.46. The number of benzene rings is 1. The summed E-state index contributed by atoms with van der Waals surface area (Å²) in [6, 6.07) is 5.73. The van der Waals surface area contributed by atoms with Gasteiger partial charge in [0.1, 0.15) is 5.92 Å². The molecule has 1 saturated heterocycles. The first-order chi connectivity index (χ1) is 10.7. The number of rotatable bonds is 5. The van der Waals surface area contributed by atoms with Gasteiger partial charge in [-0.15, -0.1) is 0 Å². The predicted octanol–water partition coefficient (Wildman–Crippen LogP) is 1.56. The number of ether oxygens (including phenoxy) is 1. The van der Waals surface area contributed by atoms with Crippen LogP contribution in [0.2, 0.25) is 0 Å². The molecule has 23 heavy (non-hydrogen) atoms. The van der Waals surface area contributed by atoms with Crippen molar-refractivity contribution < 1.29 is 31.8 Å². The molecular formula is C14H17F2NO5S. The summed E-state index contributed by atoms with van der Waals surface area (Å²) in [5, 5.41) is 8.80. The van der Waals surface area contributed by atoms with E-state index in [4.69, 9.17) is 9.84 Å². The van der Waals surface area contributed by atoms with Gasteiger partial charge in [0, 0.05) is 13.7 Å². The van der Waals surface area contributed by atoms with Gasteiger partial charge in [-0.3, -0.25) is 4.79 Å². The van der Waals surface area contributed by atoms with Crippen molar-refractivity contribution in [2.24, 2.45) is 5.92 Å². The first-order valence-electron chi connectivity index (χ1n) is 6.87. The Morgan fingerprint density at radius 3 is 2.48 bits per heavy atom. The number of carbonyl (C=O) groups is 1. The number of halogens is 2. The van der Waals surface area contributed by atoms with Crippen molar-refractivity contribution in [3.8, 4) is 0 Å². The number of carboxylic acid groups (broad SMARTS) is 1. The molecule has 1 aromatic rings. The van der Waals surface area contributed by atoms with E-state index in [2.05, 4.69) is 0 Å². The highest BCUT2D eigenvalue weighted by atomic mass is 32.2. The maximum absolute atomic E-state index is 13.9. The van der Waals surface area contributed by atoms with Crippen LogP contribution in [0.1, 0.15) is 12.0 Å². The SMILES string of the molecule is COCc1ccc(S(=O)(=O)N2CCC(C(=O)O)C(F)(F)C2)cc1. The summed E-state index contributed by atoms with van der Waals surface area (Å²) < 4.78 is 58.2. The first-order valence-corrected chi connectivity index (χ1v) is 8.31. The van der Waals surface area contributed by atoms with Crippen molar-refractivity contribution in [3.05, 3.63) is 29.8 Å². The molecule has 1 heterocycles. The lowest BCUT2D eigenvalue weighted by Gasteiger charge is -2.35. The van der Waals surface area contributed by atoms with Crippen molar-refractivity contribution in [1.82, 2.24) is 4.31 Å². The predicted molar refractivity (Wildman–Crippen MR) is 76.6 cm³/mol. The number of nitrogens with zero attached hydrogens (tertiary/aromatic N) is 1. The Morgan fingerprint density at radius 1 is 1.39 bits per heavy atom. The normalized spacial score (nSPS) is 22.0. The lowest BCUT2D eigenvalue weighted by Crippen LogP contribution is -2.52. The number of hydrogen-bond donors (Lipinski definition) is 1. The molecule has 0 radical (unpaired) electrons. The van der Waals surface area contributed by atoms with Gasteiger partial charge in [-0.25, -0.2) is 17.2 Å². The highest BCUT2D eigenvalue weighted by Crippen LogP contribution is 2.35. The van der Waals surface area contributed by atoms with Crippen LogP contribution in [0.15, 0.2) is 29.2 Å². The van der Waals surface area contributed by atoms with Gasteiger partial charge in [0.05, 0.1) is 18.0 Å². The molecule has 9 heteroatoms.